The average molecular weight is 222 g/mol. The van der Waals surface area contributed by atoms with Gasteiger partial charge < -0.3 is 10.2 Å². The Kier molecular flexibility index (Phi) is 2.54. The summed E-state index contributed by atoms with van der Waals surface area (Å²) in [6.45, 7) is 3.23. The van der Waals surface area contributed by atoms with Crippen LogP contribution in [0.5, 0.6) is 0 Å². The number of aliphatic hydroxyl groups is 2. The van der Waals surface area contributed by atoms with Crippen molar-refractivity contribution in [1.82, 2.24) is 0 Å². The molecule has 0 aliphatic heterocycles. The standard InChI is InChI=1S/C12H14O2S/c1-12(2,14)11(13)9-4-3-5-10-8(9)6-7-15-10/h3-7,11,13-14H,1-2H3. The van der Waals surface area contributed by atoms with Crippen LogP contribution in [0, 0.1) is 0 Å². The molecule has 3 heteroatoms. The fourth-order valence-corrected chi connectivity index (χ4v) is 2.46. The number of benzene rings is 1. The molecule has 0 saturated heterocycles. The molecule has 1 aromatic heterocycles. The Morgan fingerprint density at radius 1 is 1.27 bits per heavy atom. The van der Waals surface area contributed by atoms with Crippen molar-refractivity contribution in [3.63, 3.8) is 0 Å². The van der Waals surface area contributed by atoms with E-state index < -0.39 is 11.7 Å². The maximum absolute atomic E-state index is 10.0. The summed E-state index contributed by atoms with van der Waals surface area (Å²) in [6, 6.07) is 7.76. The smallest absolute Gasteiger partial charge is 0.108 e. The molecule has 0 aliphatic rings. The number of hydrogen-bond acceptors (Lipinski definition) is 3. The number of aliphatic hydroxyl groups excluding tert-OH is 1. The van der Waals surface area contributed by atoms with Crippen LogP contribution < -0.4 is 0 Å². The molecule has 2 aromatic rings. The summed E-state index contributed by atoms with van der Waals surface area (Å²) in [4.78, 5) is 0. The third-order valence-corrected chi connectivity index (χ3v) is 3.38. The molecular weight excluding hydrogens is 208 g/mol. The molecule has 0 amide bonds. The summed E-state index contributed by atoms with van der Waals surface area (Å²) in [6.07, 6.45) is -0.851. The largest absolute Gasteiger partial charge is 0.387 e. The van der Waals surface area contributed by atoms with Gasteiger partial charge in [0.1, 0.15) is 6.10 Å². The second-order valence-corrected chi connectivity index (χ2v) is 5.18. The maximum atomic E-state index is 10.0. The Balaban J connectivity index is 2.56. The quantitative estimate of drug-likeness (QED) is 0.820. The van der Waals surface area contributed by atoms with Crippen LogP contribution in [0.15, 0.2) is 29.6 Å². The molecule has 1 unspecified atom stereocenters. The molecule has 0 aliphatic carbocycles. The van der Waals surface area contributed by atoms with Crippen LogP contribution in [-0.2, 0) is 0 Å². The first-order valence-corrected chi connectivity index (χ1v) is 5.74. The summed E-state index contributed by atoms with van der Waals surface area (Å²) < 4.78 is 1.14. The molecule has 0 bridgehead atoms. The van der Waals surface area contributed by atoms with E-state index in [4.69, 9.17) is 0 Å². The summed E-state index contributed by atoms with van der Waals surface area (Å²) in [7, 11) is 0. The molecule has 2 nitrogen and oxygen atoms in total. The lowest BCUT2D eigenvalue weighted by molar-refractivity contribution is -0.0489. The third kappa shape index (κ3) is 1.91. The van der Waals surface area contributed by atoms with Crippen molar-refractivity contribution >= 4 is 21.4 Å². The summed E-state index contributed by atoms with van der Waals surface area (Å²) in [5, 5.41) is 22.8. The topological polar surface area (TPSA) is 40.5 Å². The Bertz CT molecular complexity index is 468. The van der Waals surface area contributed by atoms with E-state index >= 15 is 0 Å². The van der Waals surface area contributed by atoms with Crippen molar-refractivity contribution in [2.24, 2.45) is 0 Å². The van der Waals surface area contributed by atoms with E-state index in [9.17, 15) is 10.2 Å². The summed E-state index contributed by atoms with van der Waals surface area (Å²) in [5.41, 5.74) is -0.322. The van der Waals surface area contributed by atoms with Gasteiger partial charge in [-0.2, -0.15) is 0 Å². The van der Waals surface area contributed by atoms with Crippen LogP contribution in [-0.4, -0.2) is 15.8 Å². The van der Waals surface area contributed by atoms with Crippen molar-refractivity contribution in [3.8, 4) is 0 Å². The highest BCUT2D eigenvalue weighted by Crippen LogP contribution is 2.33. The first-order chi connectivity index (χ1) is 7.00. The van der Waals surface area contributed by atoms with Crippen LogP contribution >= 0.6 is 11.3 Å². The van der Waals surface area contributed by atoms with Crippen LogP contribution in [0.25, 0.3) is 10.1 Å². The molecule has 1 aromatic carbocycles. The van der Waals surface area contributed by atoms with Gasteiger partial charge in [0.05, 0.1) is 5.60 Å². The SMILES string of the molecule is CC(C)(O)C(O)c1cccc2sccc12. The van der Waals surface area contributed by atoms with Crippen LogP contribution in [0.4, 0.5) is 0 Å². The number of thiophene rings is 1. The Morgan fingerprint density at radius 2 is 2.00 bits per heavy atom. The molecule has 0 radical (unpaired) electrons. The lowest BCUT2D eigenvalue weighted by atomic mass is 9.93. The van der Waals surface area contributed by atoms with Gasteiger partial charge in [0.25, 0.3) is 0 Å². The van der Waals surface area contributed by atoms with Gasteiger partial charge in [0.2, 0.25) is 0 Å². The van der Waals surface area contributed by atoms with E-state index in [-0.39, 0.29) is 0 Å². The zero-order chi connectivity index (χ0) is 11.1. The van der Waals surface area contributed by atoms with E-state index in [0.717, 1.165) is 15.6 Å². The highest BCUT2D eigenvalue weighted by atomic mass is 32.1. The van der Waals surface area contributed by atoms with Crippen LogP contribution in [0.2, 0.25) is 0 Å². The summed E-state index contributed by atoms with van der Waals surface area (Å²) in [5.74, 6) is 0. The van der Waals surface area contributed by atoms with Gasteiger partial charge in [-0.05, 0) is 42.3 Å². The highest BCUT2D eigenvalue weighted by Gasteiger charge is 2.27. The zero-order valence-corrected chi connectivity index (χ0v) is 9.58. The second kappa shape index (κ2) is 3.59. The van der Waals surface area contributed by atoms with Crippen LogP contribution in [0.1, 0.15) is 25.5 Å². The Morgan fingerprint density at radius 3 is 2.67 bits per heavy atom. The Labute approximate surface area is 92.8 Å². The molecule has 0 fully saturated rings. The molecular formula is C12H14O2S. The van der Waals surface area contributed by atoms with Crippen molar-refractivity contribution in [2.45, 2.75) is 25.6 Å². The first kappa shape index (κ1) is 10.6. The Hall–Kier alpha value is -0.900. The third-order valence-electron chi connectivity index (χ3n) is 2.49. The molecule has 0 spiro atoms. The van der Waals surface area contributed by atoms with Crippen LogP contribution in [0.3, 0.4) is 0 Å². The number of fused-ring (bicyclic) bond motifs is 1. The van der Waals surface area contributed by atoms with Gasteiger partial charge in [-0.3, -0.25) is 0 Å². The van der Waals surface area contributed by atoms with E-state index in [1.165, 1.54) is 0 Å². The number of hydrogen-bond donors (Lipinski definition) is 2. The van der Waals surface area contributed by atoms with Crippen molar-refractivity contribution in [2.75, 3.05) is 0 Å². The molecule has 1 atom stereocenters. The predicted molar refractivity (Wildman–Crippen MR) is 63.1 cm³/mol. The highest BCUT2D eigenvalue weighted by molar-refractivity contribution is 7.17. The minimum absolute atomic E-state index is 0.793. The average Bonchev–Trinajstić information content (AvgIpc) is 2.62. The summed E-state index contributed by atoms with van der Waals surface area (Å²) >= 11 is 1.64. The normalized spacial score (nSPS) is 14.4. The monoisotopic (exact) mass is 222 g/mol. The molecule has 1 heterocycles. The molecule has 15 heavy (non-hydrogen) atoms. The molecule has 2 rings (SSSR count). The predicted octanol–water partition coefficient (Wildman–Crippen LogP) is 2.71. The molecule has 0 saturated carbocycles. The van der Waals surface area contributed by atoms with Gasteiger partial charge >= 0.3 is 0 Å². The minimum Gasteiger partial charge on any atom is -0.387 e. The minimum atomic E-state index is -1.11. The van der Waals surface area contributed by atoms with E-state index in [1.807, 2.05) is 29.6 Å². The lowest BCUT2D eigenvalue weighted by Gasteiger charge is -2.25. The van der Waals surface area contributed by atoms with E-state index in [1.54, 1.807) is 25.2 Å². The molecule has 2 N–H and O–H groups in total. The van der Waals surface area contributed by atoms with E-state index in [0.29, 0.717) is 0 Å². The van der Waals surface area contributed by atoms with Gasteiger partial charge in [-0.25, -0.2) is 0 Å². The lowest BCUT2D eigenvalue weighted by Crippen LogP contribution is -2.28. The van der Waals surface area contributed by atoms with E-state index in [2.05, 4.69) is 0 Å². The second-order valence-electron chi connectivity index (χ2n) is 4.24. The van der Waals surface area contributed by atoms with Gasteiger partial charge in [0, 0.05) is 4.70 Å². The van der Waals surface area contributed by atoms with Gasteiger partial charge in [-0.15, -0.1) is 11.3 Å². The van der Waals surface area contributed by atoms with Gasteiger partial charge in [-0.1, -0.05) is 12.1 Å². The zero-order valence-electron chi connectivity index (χ0n) is 8.77. The fourth-order valence-electron chi connectivity index (χ4n) is 1.64. The number of rotatable bonds is 2. The van der Waals surface area contributed by atoms with Crippen molar-refractivity contribution in [3.05, 3.63) is 35.2 Å². The fraction of sp³-hybridized carbons (Fsp3) is 0.333. The van der Waals surface area contributed by atoms with Gasteiger partial charge in [0.15, 0.2) is 0 Å². The first-order valence-electron chi connectivity index (χ1n) is 4.87. The maximum Gasteiger partial charge on any atom is 0.108 e. The van der Waals surface area contributed by atoms with Crippen molar-refractivity contribution < 1.29 is 10.2 Å². The molecule has 80 valence electrons. The van der Waals surface area contributed by atoms with Crippen molar-refractivity contribution in [1.29, 1.82) is 0 Å².